The fourth-order valence-corrected chi connectivity index (χ4v) is 5.14. The van der Waals surface area contributed by atoms with Gasteiger partial charge in [-0.05, 0) is 69.7 Å². The molecule has 45 heavy (non-hydrogen) atoms. The van der Waals surface area contributed by atoms with Gasteiger partial charge in [-0.25, -0.2) is 13.9 Å². The third-order valence-corrected chi connectivity index (χ3v) is 7.18. The van der Waals surface area contributed by atoms with Crippen LogP contribution in [0.1, 0.15) is 50.1 Å². The van der Waals surface area contributed by atoms with E-state index < -0.39 is 23.5 Å². The Bertz CT molecular complexity index is 1870. The van der Waals surface area contributed by atoms with E-state index in [1.165, 1.54) is 19.2 Å². The minimum atomic E-state index is -0.662. The Kier molecular flexibility index (Phi) is 8.90. The van der Waals surface area contributed by atoms with Crippen LogP contribution in [0.25, 0.3) is 39.3 Å². The standard InChI is InChI=1S/C31H26FN3O5.C4H10O/c1-17-23(15-30(38)39-2)31(20-6-9-28-24(13-20)26(36)10-11-40-28)35-29(33-17)16-25(34-35)19-5-3-4-18(12-19)22-8-7-21(32)14-27(22)37;1-4(2,3)5/h3-9,12-14,16,26,36-37H,10-11,15H2,1-2H3;5H,1-3H3. The molecule has 0 amide bonds. The number of ether oxygens (including phenoxy) is 2. The van der Waals surface area contributed by atoms with Crippen LogP contribution in [0.4, 0.5) is 4.39 Å². The number of phenolic OH excluding ortho intramolecular Hbond substituents is 1. The highest BCUT2D eigenvalue weighted by molar-refractivity contribution is 5.80. The van der Waals surface area contributed by atoms with Crippen LogP contribution in [-0.4, -0.2) is 55.2 Å². The lowest BCUT2D eigenvalue weighted by molar-refractivity contribution is -0.139. The van der Waals surface area contributed by atoms with E-state index in [0.29, 0.717) is 63.8 Å². The van der Waals surface area contributed by atoms with Crippen molar-refractivity contribution >= 4 is 11.6 Å². The highest BCUT2D eigenvalue weighted by atomic mass is 19.1. The normalized spacial score (nSPS) is 14.3. The van der Waals surface area contributed by atoms with Gasteiger partial charge in [-0.15, -0.1) is 0 Å². The SMILES string of the molecule is CC(C)(C)O.COC(=O)Cc1c(C)nc2cc(-c3cccc(-c4ccc(F)cc4O)c3)nn2c1-c1ccc2c(c1)C(O)CCO2. The van der Waals surface area contributed by atoms with Gasteiger partial charge in [0.1, 0.15) is 17.3 Å². The van der Waals surface area contributed by atoms with Crippen LogP contribution in [0.5, 0.6) is 11.5 Å². The van der Waals surface area contributed by atoms with Gasteiger partial charge in [-0.3, -0.25) is 4.79 Å². The molecule has 1 atom stereocenters. The van der Waals surface area contributed by atoms with Gasteiger partial charge in [0.25, 0.3) is 0 Å². The molecular weight excluding hydrogens is 577 g/mol. The summed E-state index contributed by atoms with van der Waals surface area (Å²) in [6, 6.07) is 18.7. The number of aromatic nitrogens is 3. The lowest BCUT2D eigenvalue weighted by Gasteiger charge is -2.23. The zero-order valence-corrected chi connectivity index (χ0v) is 25.8. The summed E-state index contributed by atoms with van der Waals surface area (Å²) in [6.45, 7) is 7.51. The summed E-state index contributed by atoms with van der Waals surface area (Å²) >= 11 is 0. The Labute approximate surface area is 260 Å². The van der Waals surface area contributed by atoms with Crippen molar-refractivity contribution in [1.82, 2.24) is 14.6 Å². The number of aryl methyl sites for hydroxylation is 1. The zero-order chi connectivity index (χ0) is 32.5. The molecule has 0 spiro atoms. The molecule has 9 nitrogen and oxygen atoms in total. The maximum Gasteiger partial charge on any atom is 0.310 e. The van der Waals surface area contributed by atoms with Crippen molar-refractivity contribution in [2.75, 3.05) is 13.7 Å². The molecule has 3 N–H and O–H groups in total. The monoisotopic (exact) mass is 613 g/mol. The fraction of sp³-hybridized carbons (Fsp3) is 0.286. The van der Waals surface area contributed by atoms with Crippen LogP contribution in [0, 0.1) is 12.7 Å². The van der Waals surface area contributed by atoms with Gasteiger partial charge in [-0.1, -0.05) is 18.2 Å². The molecule has 234 valence electrons. The predicted molar refractivity (Wildman–Crippen MR) is 168 cm³/mol. The highest BCUT2D eigenvalue weighted by Gasteiger charge is 2.24. The lowest BCUT2D eigenvalue weighted by Crippen LogP contribution is -2.15. The Hall–Kier alpha value is -4.80. The predicted octanol–water partition coefficient (Wildman–Crippen LogP) is 6.19. The molecule has 0 saturated heterocycles. The first kappa shape index (κ1) is 31.6. The number of fused-ring (bicyclic) bond motifs is 2. The number of carbonyl (C=O) groups excluding carboxylic acids is 1. The van der Waals surface area contributed by atoms with Crippen molar-refractivity contribution in [2.24, 2.45) is 0 Å². The largest absolute Gasteiger partial charge is 0.507 e. The number of halogens is 1. The summed E-state index contributed by atoms with van der Waals surface area (Å²) in [7, 11) is 1.34. The molecule has 2 aromatic heterocycles. The average molecular weight is 614 g/mol. The fourth-order valence-electron chi connectivity index (χ4n) is 5.14. The molecule has 0 saturated carbocycles. The van der Waals surface area contributed by atoms with E-state index in [-0.39, 0.29) is 12.2 Å². The first-order chi connectivity index (χ1) is 21.3. The second kappa shape index (κ2) is 12.7. The topological polar surface area (TPSA) is 126 Å². The molecule has 5 aromatic rings. The quantitative estimate of drug-likeness (QED) is 0.200. The maximum absolute atomic E-state index is 13.6. The third-order valence-electron chi connectivity index (χ3n) is 7.18. The molecular formula is C35H36FN3O6. The van der Waals surface area contributed by atoms with Gasteiger partial charge in [0, 0.05) is 52.1 Å². The Morgan fingerprint density at radius 2 is 1.80 bits per heavy atom. The van der Waals surface area contributed by atoms with Crippen molar-refractivity contribution in [3.8, 4) is 45.1 Å². The number of carbonyl (C=O) groups is 1. The maximum atomic E-state index is 13.6. The number of phenols is 1. The van der Waals surface area contributed by atoms with Crippen LogP contribution in [0.15, 0.2) is 66.7 Å². The van der Waals surface area contributed by atoms with E-state index in [0.717, 1.165) is 17.2 Å². The van der Waals surface area contributed by atoms with Crippen molar-refractivity contribution in [2.45, 2.75) is 52.2 Å². The van der Waals surface area contributed by atoms with Gasteiger partial charge < -0.3 is 24.8 Å². The summed E-state index contributed by atoms with van der Waals surface area (Å²) in [4.78, 5) is 17.1. The van der Waals surface area contributed by atoms with Gasteiger partial charge in [0.15, 0.2) is 5.65 Å². The number of methoxy groups -OCH3 is 1. The minimum Gasteiger partial charge on any atom is -0.507 e. The summed E-state index contributed by atoms with van der Waals surface area (Å²) in [5.74, 6) is -0.458. The minimum absolute atomic E-state index is 0.00866. The second-order valence-electron chi connectivity index (χ2n) is 11.9. The van der Waals surface area contributed by atoms with Crippen LogP contribution in [-0.2, 0) is 16.0 Å². The number of benzene rings is 3. The summed E-state index contributed by atoms with van der Waals surface area (Å²) < 4.78 is 25.9. The van der Waals surface area contributed by atoms with E-state index in [9.17, 15) is 19.4 Å². The molecule has 0 radical (unpaired) electrons. The van der Waals surface area contributed by atoms with Crippen molar-refractivity contribution < 1.29 is 34.0 Å². The van der Waals surface area contributed by atoms with Gasteiger partial charge >= 0.3 is 5.97 Å². The summed E-state index contributed by atoms with van der Waals surface area (Å²) in [5, 5.41) is 34.3. The first-order valence-corrected chi connectivity index (χ1v) is 14.6. The van der Waals surface area contributed by atoms with E-state index in [1.807, 2.05) is 55.5 Å². The second-order valence-corrected chi connectivity index (χ2v) is 11.9. The van der Waals surface area contributed by atoms with Crippen LogP contribution < -0.4 is 4.74 Å². The number of esters is 1. The highest BCUT2D eigenvalue weighted by Crippen LogP contribution is 2.38. The van der Waals surface area contributed by atoms with Crippen molar-refractivity contribution in [3.05, 3.63) is 89.4 Å². The molecule has 1 aliphatic rings. The van der Waals surface area contributed by atoms with Gasteiger partial charge in [-0.2, -0.15) is 5.10 Å². The molecule has 3 heterocycles. The zero-order valence-electron chi connectivity index (χ0n) is 25.8. The van der Waals surface area contributed by atoms with E-state index >= 15 is 0 Å². The lowest BCUT2D eigenvalue weighted by atomic mass is 9.96. The number of hydrogen-bond donors (Lipinski definition) is 3. The van der Waals surface area contributed by atoms with Crippen molar-refractivity contribution in [1.29, 1.82) is 0 Å². The number of aliphatic hydroxyl groups is 2. The Morgan fingerprint density at radius 1 is 1.07 bits per heavy atom. The van der Waals surface area contributed by atoms with Crippen molar-refractivity contribution in [3.63, 3.8) is 0 Å². The molecule has 1 aliphatic heterocycles. The Balaban J connectivity index is 0.000000743. The third kappa shape index (κ3) is 7.13. The van der Waals surface area contributed by atoms with E-state index in [1.54, 1.807) is 25.3 Å². The molecule has 0 bridgehead atoms. The Morgan fingerprint density at radius 3 is 2.51 bits per heavy atom. The number of aromatic hydroxyl groups is 1. The van der Waals surface area contributed by atoms with E-state index in [4.69, 9.17) is 24.7 Å². The molecule has 10 heteroatoms. The number of rotatable bonds is 5. The van der Waals surface area contributed by atoms with Crippen LogP contribution in [0.3, 0.4) is 0 Å². The molecule has 0 fully saturated rings. The van der Waals surface area contributed by atoms with Crippen LogP contribution in [0.2, 0.25) is 0 Å². The van der Waals surface area contributed by atoms with Crippen LogP contribution >= 0.6 is 0 Å². The van der Waals surface area contributed by atoms with Gasteiger partial charge in [0.05, 0.1) is 43.2 Å². The average Bonchev–Trinajstić information content (AvgIpc) is 3.40. The smallest absolute Gasteiger partial charge is 0.310 e. The first-order valence-electron chi connectivity index (χ1n) is 14.6. The van der Waals surface area contributed by atoms with E-state index in [2.05, 4.69) is 0 Å². The molecule has 3 aromatic carbocycles. The number of nitrogens with zero attached hydrogens (tertiary/aromatic N) is 3. The summed E-state index contributed by atoms with van der Waals surface area (Å²) in [6.07, 6.45) is -0.183. The molecule has 0 aliphatic carbocycles. The molecule has 6 rings (SSSR count). The summed E-state index contributed by atoms with van der Waals surface area (Å²) in [5.41, 5.74) is 6.04. The number of hydrogen-bond acceptors (Lipinski definition) is 8. The molecule has 1 unspecified atom stereocenters. The number of aliphatic hydroxyl groups excluding tert-OH is 1. The van der Waals surface area contributed by atoms with Gasteiger partial charge in [0.2, 0.25) is 0 Å².